The minimum atomic E-state index is -1.00. The van der Waals surface area contributed by atoms with Crippen LogP contribution < -0.4 is 5.32 Å². The van der Waals surface area contributed by atoms with E-state index >= 15 is 0 Å². The van der Waals surface area contributed by atoms with Crippen molar-refractivity contribution in [3.8, 4) is 0 Å². The maximum atomic E-state index is 13.3. The standard InChI is InChI=1S/C12H15F2NO2/c1-2-9(7-16)15-11(17)6-8-4-3-5-10(13)12(8)14/h3-5,9,16H,2,6-7H2,1H3,(H,15,17)/t9-/m1/s1. The van der Waals surface area contributed by atoms with Gasteiger partial charge in [0.1, 0.15) is 0 Å². The number of rotatable bonds is 5. The summed E-state index contributed by atoms with van der Waals surface area (Å²) in [5.41, 5.74) is 0.00953. The van der Waals surface area contributed by atoms with Gasteiger partial charge < -0.3 is 10.4 Å². The van der Waals surface area contributed by atoms with E-state index in [2.05, 4.69) is 5.32 Å². The van der Waals surface area contributed by atoms with Crippen LogP contribution in [-0.4, -0.2) is 23.7 Å². The zero-order chi connectivity index (χ0) is 12.8. The van der Waals surface area contributed by atoms with Crippen LogP contribution in [0.25, 0.3) is 0 Å². The number of amides is 1. The number of aliphatic hydroxyl groups excluding tert-OH is 1. The lowest BCUT2D eigenvalue weighted by Gasteiger charge is -2.14. The summed E-state index contributed by atoms with van der Waals surface area (Å²) in [6.07, 6.45) is 0.341. The highest BCUT2D eigenvalue weighted by atomic mass is 19.2. The first-order chi connectivity index (χ1) is 8.08. The van der Waals surface area contributed by atoms with E-state index in [0.29, 0.717) is 6.42 Å². The van der Waals surface area contributed by atoms with Gasteiger partial charge in [0.05, 0.1) is 19.1 Å². The first-order valence-electron chi connectivity index (χ1n) is 5.41. The predicted molar refractivity (Wildman–Crippen MR) is 59.4 cm³/mol. The van der Waals surface area contributed by atoms with Gasteiger partial charge in [-0.25, -0.2) is 8.78 Å². The molecule has 0 aliphatic heterocycles. The van der Waals surface area contributed by atoms with Gasteiger partial charge in [-0.05, 0) is 12.5 Å². The summed E-state index contributed by atoms with van der Waals surface area (Å²) >= 11 is 0. The van der Waals surface area contributed by atoms with Crippen molar-refractivity contribution in [1.29, 1.82) is 0 Å². The molecular weight excluding hydrogens is 228 g/mol. The molecule has 1 atom stereocenters. The van der Waals surface area contributed by atoms with Crippen LogP contribution >= 0.6 is 0 Å². The van der Waals surface area contributed by atoms with Crippen LogP contribution in [0.5, 0.6) is 0 Å². The average Bonchev–Trinajstić information content (AvgIpc) is 2.32. The first kappa shape index (κ1) is 13.6. The number of carbonyl (C=O) groups is 1. The van der Waals surface area contributed by atoms with E-state index in [1.165, 1.54) is 12.1 Å². The zero-order valence-electron chi connectivity index (χ0n) is 9.54. The van der Waals surface area contributed by atoms with Crippen LogP contribution in [-0.2, 0) is 11.2 Å². The average molecular weight is 243 g/mol. The highest BCUT2D eigenvalue weighted by molar-refractivity contribution is 5.78. The number of carbonyl (C=O) groups excluding carboxylic acids is 1. The number of benzene rings is 1. The van der Waals surface area contributed by atoms with Crippen molar-refractivity contribution in [2.75, 3.05) is 6.61 Å². The van der Waals surface area contributed by atoms with Gasteiger partial charge >= 0.3 is 0 Å². The maximum Gasteiger partial charge on any atom is 0.224 e. The Morgan fingerprint density at radius 2 is 2.18 bits per heavy atom. The fraction of sp³-hybridized carbons (Fsp3) is 0.417. The fourth-order valence-corrected chi connectivity index (χ4v) is 1.41. The Morgan fingerprint density at radius 3 is 2.76 bits per heavy atom. The summed E-state index contributed by atoms with van der Waals surface area (Å²) in [6.45, 7) is 1.64. The van der Waals surface area contributed by atoms with Gasteiger partial charge in [0, 0.05) is 5.56 Å². The summed E-state index contributed by atoms with van der Waals surface area (Å²) in [5.74, 6) is -2.40. The van der Waals surface area contributed by atoms with Gasteiger partial charge in [-0.2, -0.15) is 0 Å². The molecule has 0 aliphatic rings. The molecule has 0 saturated heterocycles. The van der Waals surface area contributed by atoms with Crippen LogP contribution in [0, 0.1) is 11.6 Å². The SMILES string of the molecule is CC[C@H](CO)NC(=O)Cc1cccc(F)c1F. The lowest BCUT2D eigenvalue weighted by Crippen LogP contribution is -2.38. The monoisotopic (exact) mass is 243 g/mol. The molecule has 0 unspecified atom stereocenters. The lowest BCUT2D eigenvalue weighted by molar-refractivity contribution is -0.121. The number of hydrogen-bond acceptors (Lipinski definition) is 2. The second-order valence-corrected chi connectivity index (χ2v) is 3.74. The molecular formula is C12H15F2NO2. The van der Waals surface area contributed by atoms with Crippen molar-refractivity contribution >= 4 is 5.91 Å². The van der Waals surface area contributed by atoms with Gasteiger partial charge in [0.2, 0.25) is 5.91 Å². The first-order valence-corrected chi connectivity index (χ1v) is 5.41. The Hall–Kier alpha value is -1.49. The molecule has 3 nitrogen and oxygen atoms in total. The molecule has 0 bridgehead atoms. The second kappa shape index (κ2) is 6.30. The minimum Gasteiger partial charge on any atom is -0.394 e. The number of aliphatic hydroxyl groups is 1. The molecule has 0 fully saturated rings. The Balaban J connectivity index is 2.65. The van der Waals surface area contributed by atoms with Crippen LogP contribution in [0.1, 0.15) is 18.9 Å². The number of halogens is 2. The molecule has 1 aromatic rings. The highest BCUT2D eigenvalue weighted by Gasteiger charge is 2.13. The van der Waals surface area contributed by atoms with E-state index in [1.807, 2.05) is 6.92 Å². The van der Waals surface area contributed by atoms with E-state index in [1.54, 1.807) is 0 Å². The van der Waals surface area contributed by atoms with Crippen molar-refractivity contribution in [3.63, 3.8) is 0 Å². The van der Waals surface area contributed by atoms with E-state index in [0.717, 1.165) is 6.07 Å². The molecule has 0 spiro atoms. The third kappa shape index (κ3) is 3.78. The molecule has 94 valence electrons. The Morgan fingerprint density at radius 1 is 1.47 bits per heavy atom. The third-order valence-electron chi connectivity index (χ3n) is 2.46. The predicted octanol–water partition coefficient (Wildman–Crippen LogP) is 1.39. The second-order valence-electron chi connectivity index (χ2n) is 3.74. The Labute approximate surface area is 98.5 Å². The van der Waals surface area contributed by atoms with Crippen LogP contribution in [0.4, 0.5) is 8.78 Å². The van der Waals surface area contributed by atoms with Crippen molar-refractivity contribution < 1.29 is 18.7 Å². The van der Waals surface area contributed by atoms with E-state index in [4.69, 9.17) is 5.11 Å². The molecule has 0 aromatic heterocycles. The molecule has 1 aromatic carbocycles. The molecule has 0 heterocycles. The summed E-state index contributed by atoms with van der Waals surface area (Å²) in [7, 11) is 0. The largest absolute Gasteiger partial charge is 0.394 e. The number of hydrogen-bond donors (Lipinski definition) is 2. The van der Waals surface area contributed by atoms with Crippen molar-refractivity contribution in [2.24, 2.45) is 0 Å². The quantitative estimate of drug-likeness (QED) is 0.821. The van der Waals surface area contributed by atoms with Crippen molar-refractivity contribution in [1.82, 2.24) is 5.32 Å². The van der Waals surface area contributed by atoms with E-state index < -0.39 is 17.5 Å². The normalized spacial score (nSPS) is 12.2. The van der Waals surface area contributed by atoms with Crippen molar-refractivity contribution in [2.45, 2.75) is 25.8 Å². The molecule has 0 saturated carbocycles. The summed E-state index contributed by atoms with van der Waals surface area (Å²) in [6, 6.07) is 3.36. The molecule has 2 N–H and O–H groups in total. The van der Waals surface area contributed by atoms with Gasteiger partial charge in [0.15, 0.2) is 11.6 Å². The molecule has 1 amide bonds. The maximum absolute atomic E-state index is 13.3. The van der Waals surface area contributed by atoms with E-state index in [9.17, 15) is 13.6 Å². The topological polar surface area (TPSA) is 49.3 Å². The molecule has 1 rings (SSSR count). The smallest absolute Gasteiger partial charge is 0.224 e. The van der Waals surface area contributed by atoms with Crippen LogP contribution in [0.2, 0.25) is 0 Å². The molecule has 5 heteroatoms. The summed E-state index contributed by atoms with van der Waals surface area (Å²) in [5, 5.41) is 11.4. The highest BCUT2D eigenvalue weighted by Crippen LogP contribution is 2.11. The lowest BCUT2D eigenvalue weighted by atomic mass is 10.1. The van der Waals surface area contributed by atoms with Gasteiger partial charge in [-0.1, -0.05) is 19.1 Å². The van der Waals surface area contributed by atoms with Gasteiger partial charge in [-0.3, -0.25) is 4.79 Å². The molecule has 17 heavy (non-hydrogen) atoms. The number of nitrogens with one attached hydrogen (secondary N) is 1. The Kier molecular flexibility index (Phi) is 5.03. The summed E-state index contributed by atoms with van der Waals surface area (Å²) < 4.78 is 26.1. The minimum absolute atomic E-state index is 0.00953. The molecule has 0 radical (unpaired) electrons. The van der Waals surface area contributed by atoms with Gasteiger partial charge in [0.25, 0.3) is 0 Å². The van der Waals surface area contributed by atoms with E-state index in [-0.39, 0.29) is 24.6 Å². The van der Waals surface area contributed by atoms with Gasteiger partial charge in [-0.15, -0.1) is 0 Å². The van der Waals surface area contributed by atoms with Crippen LogP contribution in [0.15, 0.2) is 18.2 Å². The Bertz CT molecular complexity index is 392. The fourth-order valence-electron chi connectivity index (χ4n) is 1.41. The zero-order valence-corrected chi connectivity index (χ0v) is 9.54. The summed E-state index contributed by atoms with van der Waals surface area (Å²) in [4.78, 5) is 11.5. The van der Waals surface area contributed by atoms with Crippen molar-refractivity contribution in [3.05, 3.63) is 35.4 Å². The molecule has 0 aliphatic carbocycles. The third-order valence-corrected chi connectivity index (χ3v) is 2.46. The van der Waals surface area contributed by atoms with Crippen LogP contribution in [0.3, 0.4) is 0 Å².